The number of hydrogen-bond donors (Lipinski definition) is 1. The third-order valence-corrected chi connectivity index (χ3v) is 6.55. The minimum atomic E-state index is -3.31. The van der Waals surface area contributed by atoms with Crippen LogP contribution < -0.4 is 5.32 Å². The second-order valence-corrected chi connectivity index (χ2v) is 10.7. The first-order valence-electron chi connectivity index (χ1n) is 10.6. The van der Waals surface area contributed by atoms with Crippen molar-refractivity contribution in [3.05, 3.63) is 17.8 Å². The Hall–Kier alpha value is -1.65. The lowest BCUT2D eigenvalue weighted by atomic mass is 9.94. The molecule has 1 aromatic heterocycles. The molecular formula is C20H37N5O4S. The minimum Gasteiger partial charge on any atom is -0.443 e. The molecule has 0 aromatic carbocycles. The summed E-state index contributed by atoms with van der Waals surface area (Å²) in [6, 6.07) is 0. The molecular weight excluding hydrogens is 406 g/mol. The molecule has 1 saturated heterocycles. The van der Waals surface area contributed by atoms with Gasteiger partial charge in [-0.3, -0.25) is 0 Å². The predicted molar refractivity (Wildman–Crippen MR) is 118 cm³/mol. The summed E-state index contributed by atoms with van der Waals surface area (Å²) >= 11 is 0. The minimum absolute atomic E-state index is 0.0135. The molecule has 30 heavy (non-hydrogen) atoms. The topological polar surface area (TPSA) is 100 Å². The molecule has 10 heteroatoms. The van der Waals surface area contributed by atoms with E-state index in [0.29, 0.717) is 38.6 Å². The molecule has 0 bridgehead atoms. The Bertz CT molecular complexity index is 790. The average molecular weight is 444 g/mol. The van der Waals surface area contributed by atoms with E-state index < -0.39 is 10.0 Å². The van der Waals surface area contributed by atoms with Gasteiger partial charge in [0, 0.05) is 38.1 Å². The number of ether oxygens (including phenoxy) is 1. The number of piperazine rings is 1. The molecule has 0 unspecified atom stereocenters. The quantitative estimate of drug-likeness (QED) is 0.483. The number of hydrogen-bond acceptors (Lipinski definition) is 6. The SMILES string of the molecule is CCNC(=NCc1ncc(C(C)(C)C)o1)N1CCN(S(=O)(=O)CCOC(C)C)CC1. The van der Waals surface area contributed by atoms with Crippen molar-refractivity contribution in [3.8, 4) is 0 Å². The highest BCUT2D eigenvalue weighted by Gasteiger charge is 2.28. The van der Waals surface area contributed by atoms with Crippen molar-refractivity contribution in [3.63, 3.8) is 0 Å². The zero-order valence-corrected chi connectivity index (χ0v) is 20.0. The molecule has 1 fully saturated rings. The van der Waals surface area contributed by atoms with E-state index >= 15 is 0 Å². The van der Waals surface area contributed by atoms with Crippen LogP contribution in [0, 0.1) is 0 Å². The number of guanidine groups is 1. The number of nitrogens with zero attached hydrogens (tertiary/aromatic N) is 4. The molecule has 0 amide bonds. The van der Waals surface area contributed by atoms with Crippen LogP contribution in [0.15, 0.2) is 15.6 Å². The summed E-state index contributed by atoms with van der Waals surface area (Å²) in [5, 5.41) is 3.28. The van der Waals surface area contributed by atoms with E-state index in [1.165, 1.54) is 0 Å². The second-order valence-electron chi connectivity index (χ2n) is 8.66. The fraction of sp³-hybridized carbons (Fsp3) is 0.800. The summed E-state index contributed by atoms with van der Waals surface area (Å²) in [7, 11) is -3.31. The fourth-order valence-corrected chi connectivity index (χ4v) is 4.28. The van der Waals surface area contributed by atoms with Crippen molar-refractivity contribution in [2.24, 2.45) is 4.99 Å². The van der Waals surface area contributed by atoms with Crippen molar-refractivity contribution in [2.45, 2.75) is 59.6 Å². The largest absolute Gasteiger partial charge is 0.443 e. The Kier molecular flexibility index (Phi) is 8.69. The average Bonchev–Trinajstić information content (AvgIpc) is 3.14. The van der Waals surface area contributed by atoms with Gasteiger partial charge >= 0.3 is 0 Å². The molecule has 0 saturated carbocycles. The highest BCUT2D eigenvalue weighted by molar-refractivity contribution is 7.89. The van der Waals surface area contributed by atoms with Gasteiger partial charge < -0.3 is 19.4 Å². The number of nitrogens with one attached hydrogen (secondary N) is 1. The van der Waals surface area contributed by atoms with Gasteiger partial charge in [0.2, 0.25) is 15.9 Å². The Balaban J connectivity index is 1.95. The zero-order valence-electron chi connectivity index (χ0n) is 19.1. The maximum absolute atomic E-state index is 12.5. The molecule has 2 heterocycles. The third-order valence-electron chi connectivity index (χ3n) is 4.72. The Morgan fingerprint density at radius 2 is 1.97 bits per heavy atom. The molecule has 172 valence electrons. The maximum Gasteiger partial charge on any atom is 0.216 e. The molecule has 1 aromatic rings. The number of aromatic nitrogens is 1. The van der Waals surface area contributed by atoms with E-state index in [1.807, 2.05) is 20.8 Å². The Morgan fingerprint density at radius 3 is 2.50 bits per heavy atom. The second kappa shape index (κ2) is 10.6. The third kappa shape index (κ3) is 7.24. The van der Waals surface area contributed by atoms with Crippen LogP contribution in [0.5, 0.6) is 0 Å². The normalized spacial score (nSPS) is 17.0. The van der Waals surface area contributed by atoms with Crippen molar-refractivity contribution in [2.75, 3.05) is 45.1 Å². The van der Waals surface area contributed by atoms with E-state index in [0.717, 1.165) is 18.3 Å². The van der Waals surface area contributed by atoms with E-state index in [2.05, 4.69) is 41.0 Å². The van der Waals surface area contributed by atoms with Gasteiger partial charge in [-0.25, -0.2) is 18.4 Å². The summed E-state index contributed by atoms with van der Waals surface area (Å²) in [5.74, 6) is 2.16. The van der Waals surface area contributed by atoms with Crippen LogP contribution in [0.4, 0.5) is 0 Å². The predicted octanol–water partition coefficient (Wildman–Crippen LogP) is 1.81. The van der Waals surface area contributed by atoms with Gasteiger partial charge in [-0.05, 0) is 20.8 Å². The van der Waals surface area contributed by atoms with Gasteiger partial charge in [0.25, 0.3) is 0 Å². The summed E-state index contributed by atoms with van der Waals surface area (Å²) in [5.41, 5.74) is -0.0957. The van der Waals surface area contributed by atoms with Gasteiger partial charge in [-0.1, -0.05) is 20.8 Å². The van der Waals surface area contributed by atoms with Gasteiger partial charge in [0.05, 0.1) is 24.7 Å². The van der Waals surface area contributed by atoms with Crippen molar-refractivity contribution in [1.29, 1.82) is 0 Å². The van der Waals surface area contributed by atoms with Gasteiger partial charge in [0.1, 0.15) is 12.3 Å². The summed E-state index contributed by atoms with van der Waals surface area (Å²) in [6.45, 7) is 15.3. The van der Waals surface area contributed by atoms with Crippen molar-refractivity contribution in [1.82, 2.24) is 19.5 Å². The standard InChI is InChI=1S/C20H37N5O4S/c1-7-21-19(23-15-18-22-14-17(29-18)20(4,5)6)24-8-10-25(11-9-24)30(26,27)13-12-28-16(2)3/h14,16H,7-13,15H2,1-6H3,(H,21,23). The molecule has 1 aliphatic heterocycles. The first kappa shape index (κ1) is 24.6. The molecule has 1 aliphatic rings. The maximum atomic E-state index is 12.5. The summed E-state index contributed by atoms with van der Waals surface area (Å²) < 4.78 is 37.8. The van der Waals surface area contributed by atoms with Gasteiger partial charge in [-0.2, -0.15) is 4.31 Å². The van der Waals surface area contributed by atoms with Gasteiger partial charge in [0.15, 0.2) is 5.96 Å². The number of oxazole rings is 1. The van der Waals surface area contributed by atoms with Crippen LogP contribution in [-0.4, -0.2) is 79.8 Å². The van der Waals surface area contributed by atoms with Crippen LogP contribution in [0.2, 0.25) is 0 Å². The lowest BCUT2D eigenvalue weighted by Crippen LogP contribution is -2.54. The zero-order chi connectivity index (χ0) is 22.4. The number of sulfonamides is 1. The number of rotatable bonds is 8. The van der Waals surface area contributed by atoms with E-state index in [-0.39, 0.29) is 23.9 Å². The molecule has 2 rings (SSSR count). The first-order valence-corrected chi connectivity index (χ1v) is 12.2. The molecule has 0 spiro atoms. The van der Waals surface area contributed by atoms with E-state index in [4.69, 9.17) is 9.15 Å². The van der Waals surface area contributed by atoms with Crippen LogP contribution in [0.3, 0.4) is 0 Å². The molecule has 0 atom stereocenters. The lowest BCUT2D eigenvalue weighted by molar-refractivity contribution is 0.0904. The first-order chi connectivity index (χ1) is 14.0. The van der Waals surface area contributed by atoms with Crippen LogP contribution in [0.1, 0.15) is 53.2 Å². The van der Waals surface area contributed by atoms with E-state index in [1.54, 1.807) is 10.5 Å². The van der Waals surface area contributed by atoms with Crippen LogP contribution >= 0.6 is 0 Å². The van der Waals surface area contributed by atoms with Crippen LogP contribution in [0.25, 0.3) is 0 Å². The molecule has 0 radical (unpaired) electrons. The summed E-state index contributed by atoms with van der Waals surface area (Å²) in [4.78, 5) is 11.0. The fourth-order valence-electron chi connectivity index (χ4n) is 2.99. The Labute approximate surface area is 180 Å². The van der Waals surface area contributed by atoms with Crippen LogP contribution in [-0.2, 0) is 26.7 Å². The lowest BCUT2D eigenvalue weighted by Gasteiger charge is -2.35. The van der Waals surface area contributed by atoms with Crippen molar-refractivity contribution >= 4 is 16.0 Å². The van der Waals surface area contributed by atoms with E-state index in [9.17, 15) is 8.42 Å². The molecule has 0 aliphatic carbocycles. The monoisotopic (exact) mass is 443 g/mol. The highest BCUT2D eigenvalue weighted by atomic mass is 32.2. The highest BCUT2D eigenvalue weighted by Crippen LogP contribution is 2.22. The van der Waals surface area contributed by atoms with Gasteiger partial charge in [-0.15, -0.1) is 0 Å². The Morgan fingerprint density at radius 1 is 1.30 bits per heavy atom. The van der Waals surface area contributed by atoms with Crippen molar-refractivity contribution < 1.29 is 17.6 Å². The summed E-state index contributed by atoms with van der Waals surface area (Å²) in [6.07, 6.45) is 1.78. The molecule has 9 nitrogen and oxygen atoms in total. The smallest absolute Gasteiger partial charge is 0.216 e. The number of aliphatic imine (C=N–C) groups is 1. The molecule has 1 N–H and O–H groups in total.